The lowest BCUT2D eigenvalue weighted by Crippen LogP contribution is -2.34. The minimum Gasteiger partial charge on any atom is -0.508 e. The summed E-state index contributed by atoms with van der Waals surface area (Å²) >= 11 is 1.19. The average molecular weight is 633 g/mol. The van der Waals surface area contributed by atoms with E-state index in [9.17, 15) is 13.9 Å². The van der Waals surface area contributed by atoms with Crippen LogP contribution in [0.4, 0.5) is 17.6 Å². The number of thiophene rings is 1. The zero-order valence-electron chi connectivity index (χ0n) is 24.8. The van der Waals surface area contributed by atoms with E-state index in [1.165, 1.54) is 41.7 Å². The summed E-state index contributed by atoms with van der Waals surface area (Å²) in [6.07, 6.45) is 1.81. The topological polar surface area (TPSA) is 77.2 Å². The number of hydrogen-bond acceptors (Lipinski definition) is 5. The molecule has 1 unspecified atom stereocenters. The van der Waals surface area contributed by atoms with Gasteiger partial charge in [-0.2, -0.15) is 8.78 Å². The summed E-state index contributed by atoms with van der Waals surface area (Å²) in [6.45, 7) is 3.62. The number of hydrogen-bond donors (Lipinski definition) is 3. The molecule has 1 heterocycles. The number of benzene rings is 3. The van der Waals surface area contributed by atoms with E-state index in [0.717, 1.165) is 18.1 Å². The maximum atomic E-state index is 15.2. The Bertz CT molecular complexity index is 1810. The number of phenolic OH excluding ortho intramolecular Hbond substituents is 1. The summed E-state index contributed by atoms with van der Waals surface area (Å²) in [5.74, 6) is -2.37. The van der Waals surface area contributed by atoms with Crippen LogP contribution in [0.15, 0.2) is 84.9 Å². The van der Waals surface area contributed by atoms with Gasteiger partial charge in [0.2, 0.25) is 0 Å². The first-order valence-corrected chi connectivity index (χ1v) is 15.5. The Kier molecular flexibility index (Phi) is 9.39. The molecule has 5 rings (SSSR count). The average Bonchev–Trinajstić information content (AvgIpc) is 3.49. The third kappa shape index (κ3) is 6.78. The molecular weight excluding hydrogens is 600 g/mol. The molecule has 45 heavy (non-hydrogen) atoms. The standard InChI is InChI=1S/C36H32F4N2O2S/c1-3-5-6-23(4-2)36(39,40)44-25-12-14-28(31(38)20-25)32-17-18-33(45-32)29-16-15-27(34(41)35(29)42)26-13-9-22(19-30(26)37)21-7-10-24(43)11-8-21/h7-20,23,41-43H,3-6H2,1-2H3. The predicted octanol–water partition coefficient (Wildman–Crippen LogP) is 10.8. The molecule has 0 spiro atoms. The number of rotatable bonds is 11. The first kappa shape index (κ1) is 31.9. The highest BCUT2D eigenvalue weighted by atomic mass is 32.1. The highest BCUT2D eigenvalue weighted by Gasteiger charge is 2.40. The first-order valence-electron chi connectivity index (χ1n) is 14.7. The summed E-state index contributed by atoms with van der Waals surface area (Å²) in [4.78, 5) is 1.12. The zero-order chi connectivity index (χ0) is 32.3. The molecule has 0 aliphatic heterocycles. The first-order chi connectivity index (χ1) is 21.5. The number of aromatic hydroxyl groups is 1. The normalized spacial score (nSPS) is 14.3. The van der Waals surface area contributed by atoms with E-state index in [0.29, 0.717) is 33.7 Å². The van der Waals surface area contributed by atoms with Crippen LogP contribution in [0.5, 0.6) is 11.5 Å². The predicted molar refractivity (Wildman–Crippen MR) is 174 cm³/mol. The monoisotopic (exact) mass is 632 g/mol. The van der Waals surface area contributed by atoms with Crippen molar-refractivity contribution in [3.63, 3.8) is 0 Å². The van der Waals surface area contributed by atoms with Crippen LogP contribution in [-0.2, 0) is 0 Å². The third-order valence-electron chi connectivity index (χ3n) is 7.87. The molecule has 0 fully saturated rings. The minimum absolute atomic E-state index is 0.106. The van der Waals surface area contributed by atoms with Crippen LogP contribution in [0.25, 0.3) is 32.7 Å². The van der Waals surface area contributed by atoms with Gasteiger partial charge in [0.15, 0.2) is 0 Å². The molecule has 9 heteroatoms. The van der Waals surface area contributed by atoms with Crippen LogP contribution < -0.4 is 4.74 Å². The van der Waals surface area contributed by atoms with E-state index in [1.807, 2.05) is 6.92 Å². The van der Waals surface area contributed by atoms with E-state index in [-0.39, 0.29) is 46.0 Å². The van der Waals surface area contributed by atoms with E-state index >= 15 is 8.78 Å². The summed E-state index contributed by atoms with van der Waals surface area (Å²) < 4.78 is 64.9. The van der Waals surface area contributed by atoms with Crippen molar-refractivity contribution in [2.75, 3.05) is 0 Å². The SMILES string of the molecule is CCCCC(CC)C(F)(F)Oc1ccc(-c2ccc(C3=CC=C(c4ccc(-c5ccc(O)cc5)cc4F)C(=N)C3=N)s2)c(F)c1. The van der Waals surface area contributed by atoms with Crippen LogP contribution >= 0.6 is 11.3 Å². The Balaban J connectivity index is 1.36. The van der Waals surface area contributed by atoms with E-state index < -0.39 is 23.7 Å². The quantitative estimate of drug-likeness (QED) is 0.114. The fourth-order valence-corrected chi connectivity index (χ4v) is 6.35. The second-order valence-electron chi connectivity index (χ2n) is 10.9. The van der Waals surface area contributed by atoms with Gasteiger partial charge in [0.25, 0.3) is 0 Å². The molecule has 0 amide bonds. The maximum Gasteiger partial charge on any atom is 0.400 e. The van der Waals surface area contributed by atoms with Crippen molar-refractivity contribution < 1.29 is 27.4 Å². The Morgan fingerprint density at radius 1 is 0.778 bits per heavy atom. The summed E-state index contributed by atoms with van der Waals surface area (Å²) in [6, 6.07) is 18.1. The number of alkyl halides is 2. The lowest BCUT2D eigenvalue weighted by atomic mass is 9.88. The van der Waals surface area contributed by atoms with Gasteiger partial charge >= 0.3 is 6.11 Å². The summed E-state index contributed by atoms with van der Waals surface area (Å²) in [7, 11) is 0. The van der Waals surface area contributed by atoms with Gasteiger partial charge in [-0.25, -0.2) is 8.78 Å². The van der Waals surface area contributed by atoms with Crippen molar-refractivity contribution in [2.24, 2.45) is 5.92 Å². The smallest absolute Gasteiger partial charge is 0.400 e. The van der Waals surface area contributed by atoms with Crippen molar-refractivity contribution in [2.45, 2.75) is 45.6 Å². The molecule has 0 saturated carbocycles. The Hall–Kier alpha value is -4.50. The molecule has 0 saturated heterocycles. The summed E-state index contributed by atoms with van der Waals surface area (Å²) in [5, 5.41) is 26.8. The molecule has 0 radical (unpaired) electrons. The van der Waals surface area contributed by atoms with Crippen molar-refractivity contribution in [3.8, 4) is 33.1 Å². The third-order valence-corrected chi connectivity index (χ3v) is 9.02. The summed E-state index contributed by atoms with van der Waals surface area (Å²) in [5.41, 5.74) is 2.13. The number of halogens is 4. The van der Waals surface area contributed by atoms with Gasteiger partial charge in [-0.05, 0) is 66.4 Å². The zero-order valence-corrected chi connectivity index (χ0v) is 25.6. The maximum absolute atomic E-state index is 15.2. The van der Waals surface area contributed by atoms with Crippen LogP contribution in [0.2, 0.25) is 0 Å². The fourth-order valence-electron chi connectivity index (χ4n) is 5.29. The lowest BCUT2D eigenvalue weighted by Gasteiger charge is -2.26. The van der Waals surface area contributed by atoms with Crippen molar-refractivity contribution >= 4 is 33.9 Å². The van der Waals surface area contributed by atoms with Crippen molar-refractivity contribution in [1.29, 1.82) is 10.8 Å². The lowest BCUT2D eigenvalue weighted by molar-refractivity contribution is -0.218. The molecule has 1 aliphatic carbocycles. The van der Waals surface area contributed by atoms with Gasteiger partial charge in [-0.3, -0.25) is 10.8 Å². The van der Waals surface area contributed by atoms with Crippen LogP contribution in [0.1, 0.15) is 50.0 Å². The largest absolute Gasteiger partial charge is 0.508 e. The van der Waals surface area contributed by atoms with Gasteiger partial charge in [0.1, 0.15) is 23.1 Å². The van der Waals surface area contributed by atoms with Crippen LogP contribution in [-0.4, -0.2) is 22.6 Å². The van der Waals surface area contributed by atoms with Gasteiger partial charge in [0.05, 0.1) is 17.3 Å². The van der Waals surface area contributed by atoms with Crippen molar-refractivity contribution in [3.05, 3.63) is 107 Å². The van der Waals surface area contributed by atoms with E-state index in [2.05, 4.69) is 0 Å². The fraction of sp³-hybridized carbons (Fsp3) is 0.222. The van der Waals surface area contributed by atoms with E-state index in [4.69, 9.17) is 15.6 Å². The number of nitrogens with one attached hydrogen (secondary N) is 2. The minimum atomic E-state index is -3.42. The number of ether oxygens (including phenoxy) is 1. The number of allylic oxidation sites excluding steroid dienone is 4. The number of unbranched alkanes of at least 4 members (excludes halogenated alkanes) is 1. The van der Waals surface area contributed by atoms with Gasteiger partial charge in [-0.1, -0.05) is 63.1 Å². The second kappa shape index (κ2) is 13.2. The highest BCUT2D eigenvalue weighted by molar-refractivity contribution is 7.17. The molecule has 4 nitrogen and oxygen atoms in total. The number of phenols is 1. The van der Waals surface area contributed by atoms with Crippen molar-refractivity contribution in [1.82, 2.24) is 0 Å². The Morgan fingerprint density at radius 2 is 1.40 bits per heavy atom. The molecule has 4 aromatic rings. The molecule has 1 aromatic heterocycles. The Morgan fingerprint density at radius 3 is 2.07 bits per heavy atom. The van der Waals surface area contributed by atoms with Gasteiger partial charge < -0.3 is 9.84 Å². The molecule has 3 aromatic carbocycles. The molecule has 232 valence electrons. The van der Waals surface area contributed by atoms with E-state index in [1.54, 1.807) is 55.5 Å². The molecule has 1 atom stereocenters. The van der Waals surface area contributed by atoms with Gasteiger partial charge in [-0.15, -0.1) is 11.3 Å². The molecular formula is C36H32F4N2O2S. The highest BCUT2D eigenvalue weighted by Crippen LogP contribution is 2.39. The second-order valence-corrected chi connectivity index (χ2v) is 12.0. The van der Waals surface area contributed by atoms with Crippen LogP contribution in [0, 0.1) is 28.4 Å². The van der Waals surface area contributed by atoms with Gasteiger partial charge in [0, 0.05) is 38.1 Å². The molecule has 1 aliphatic rings. The Labute approximate surface area is 263 Å². The molecule has 0 bridgehead atoms. The molecule has 3 N–H and O–H groups in total. The van der Waals surface area contributed by atoms with Crippen LogP contribution in [0.3, 0.4) is 0 Å².